The minimum absolute atomic E-state index is 0.0767. The Morgan fingerprint density at radius 1 is 0.282 bits per heavy atom. The molecule has 0 N–H and O–H groups in total. The smallest absolute Gasteiger partial charge is 0.306 e. The van der Waals surface area contributed by atoms with Gasteiger partial charge in [0.05, 0.1) is 0 Å². The van der Waals surface area contributed by atoms with Gasteiger partial charge >= 0.3 is 17.9 Å². The summed E-state index contributed by atoms with van der Waals surface area (Å²) in [6, 6.07) is 0. The van der Waals surface area contributed by atoms with Gasteiger partial charge in [0.25, 0.3) is 0 Å². The minimum Gasteiger partial charge on any atom is -0.462 e. The minimum atomic E-state index is -0.779. The summed E-state index contributed by atoms with van der Waals surface area (Å²) in [6.07, 6.45) is 73.9. The van der Waals surface area contributed by atoms with Gasteiger partial charge in [-0.3, -0.25) is 14.4 Å². The topological polar surface area (TPSA) is 78.9 Å². The average molecular weight is 996 g/mol. The number of esters is 3. The van der Waals surface area contributed by atoms with Crippen LogP contribution in [0.3, 0.4) is 0 Å². The lowest BCUT2D eigenvalue weighted by atomic mass is 10.0. The molecule has 71 heavy (non-hydrogen) atoms. The van der Waals surface area contributed by atoms with Gasteiger partial charge in [-0.25, -0.2) is 0 Å². The number of unbranched alkanes of at least 4 members (excludes halogenated alkanes) is 38. The highest BCUT2D eigenvalue weighted by Crippen LogP contribution is 2.17. The molecule has 0 spiro atoms. The molecule has 0 fully saturated rings. The molecule has 0 unspecified atom stereocenters. The van der Waals surface area contributed by atoms with E-state index in [2.05, 4.69) is 69.4 Å². The highest BCUT2D eigenvalue weighted by molar-refractivity contribution is 5.71. The Balaban J connectivity index is 4.35. The standard InChI is InChI=1S/C65H118O6/c1-4-7-10-13-16-19-22-25-28-30-32-34-37-40-43-46-49-52-55-58-64(67)70-61-62(60-69-63(66)57-54-51-48-45-42-39-36-27-24-21-18-15-12-9-6-3)71-65(68)59-56-53-50-47-44-41-38-35-33-31-29-26-23-20-17-14-11-8-5-2/h16,18-19,21,25,27-28,36,62H,4-15,17,20,22-24,26,29-35,37-61H2,1-3H3/b19-16-,21-18-,28-25-,36-27-/t62-/m0/s1. The van der Waals surface area contributed by atoms with Crippen LogP contribution in [0.2, 0.25) is 0 Å². The van der Waals surface area contributed by atoms with E-state index in [1.807, 2.05) is 0 Å². The Bertz CT molecular complexity index is 1230. The number of hydrogen-bond acceptors (Lipinski definition) is 6. The molecule has 1 atom stereocenters. The van der Waals surface area contributed by atoms with Gasteiger partial charge in [-0.1, -0.05) is 275 Å². The number of ether oxygens (including phenoxy) is 3. The number of hydrogen-bond donors (Lipinski definition) is 0. The summed E-state index contributed by atoms with van der Waals surface area (Å²) in [4.78, 5) is 38.3. The molecule has 0 aliphatic carbocycles. The van der Waals surface area contributed by atoms with Crippen LogP contribution in [0, 0.1) is 0 Å². The van der Waals surface area contributed by atoms with E-state index in [-0.39, 0.29) is 31.1 Å². The molecule has 0 aromatic heterocycles. The Morgan fingerprint density at radius 3 is 0.803 bits per heavy atom. The quantitative estimate of drug-likeness (QED) is 0.0261. The maximum Gasteiger partial charge on any atom is 0.306 e. The summed E-state index contributed by atoms with van der Waals surface area (Å²) in [5.74, 6) is -0.875. The molecule has 0 amide bonds. The van der Waals surface area contributed by atoms with Crippen molar-refractivity contribution >= 4 is 17.9 Å². The summed E-state index contributed by atoms with van der Waals surface area (Å²) in [6.45, 7) is 6.62. The van der Waals surface area contributed by atoms with Crippen molar-refractivity contribution in [2.75, 3.05) is 13.2 Å². The summed E-state index contributed by atoms with van der Waals surface area (Å²) < 4.78 is 16.9. The van der Waals surface area contributed by atoms with E-state index in [0.29, 0.717) is 19.3 Å². The summed E-state index contributed by atoms with van der Waals surface area (Å²) >= 11 is 0. The van der Waals surface area contributed by atoms with Crippen molar-refractivity contribution in [2.24, 2.45) is 0 Å². The van der Waals surface area contributed by atoms with Crippen LogP contribution >= 0.6 is 0 Å². The van der Waals surface area contributed by atoms with Crippen molar-refractivity contribution in [3.05, 3.63) is 48.6 Å². The summed E-state index contributed by atoms with van der Waals surface area (Å²) in [5, 5.41) is 0. The molecule has 0 rings (SSSR count). The van der Waals surface area contributed by atoms with Gasteiger partial charge in [0.1, 0.15) is 13.2 Å². The second-order valence-electron chi connectivity index (χ2n) is 21.0. The van der Waals surface area contributed by atoms with E-state index >= 15 is 0 Å². The first-order chi connectivity index (χ1) is 35.0. The van der Waals surface area contributed by atoms with Crippen LogP contribution in [0.1, 0.15) is 329 Å². The van der Waals surface area contributed by atoms with Gasteiger partial charge in [-0.15, -0.1) is 0 Å². The molecular formula is C65H118O6. The monoisotopic (exact) mass is 995 g/mol. The SMILES string of the molecule is CCCCC/C=C\C/C=C\CCCCCCCCCCCC(=O)OC[C@H](COC(=O)CCCCCCC/C=C\C/C=C\CCCCC)OC(=O)CCCCCCCCCCCCCCCCCCCCC. The van der Waals surface area contributed by atoms with Gasteiger partial charge in [0, 0.05) is 19.3 Å². The fraction of sp³-hybridized carbons (Fsp3) is 0.831. The largest absolute Gasteiger partial charge is 0.462 e. The van der Waals surface area contributed by atoms with E-state index in [9.17, 15) is 14.4 Å². The first-order valence-electron chi connectivity index (χ1n) is 31.1. The van der Waals surface area contributed by atoms with Crippen molar-refractivity contribution in [2.45, 2.75) is 335 Å². The van der Waals surface area contributed by atoms with E-state index in [0.717, 1.165) is 83.5 Å². The second-order valence-corrected chi connectivity index (χ2v) is 21.0. The van der Waals surface area contributed by atoms with Gasteiger partial charge in [0.2, 0.25) is 0 Å². The predicted octanol–water partition coefficient (Wildman–Crippen LogP) is 21.0. The van der Waals surface area contributed by atoms with Crippen LogP contribution < -0.4 is 0 Å². The predicted molar refractivity (Wildman–Crippen MR) is 307 cm³/mol. The number of allylic oxidation sites excluding steroid dienone is 8. The molecule has 0 aromatic carbocycles. The zero-order chi connectivity index (χ0) is 51.4. The Morgan fingerprint density at radius 2 is 0.507 bits per heavy atom. The van der Waals surface area contributed by atoms with Crippen molar-refractivity contribution in [1.29, 1.82) is 0 Å². The van der Waals surface area contributed by atoms with E-state index in [1.165, 1.54) is 205 Å². The molecular weight excluding hydrogens is 877 g/mol. The normalized spacial score (nSPS) is 12.3. The average Bonchev–Trinajstić information content (AvgIpc) is 3.37. The summed E-state index contributed by atoms with van der Waals surface area (Å²) in [5.41, 5.74) is 0. The second kappa shape index (κ2) is 59.9. The number of carbonyl (C=O) groups excluding carboxylic acids is 3. The molecule has 414 valence electrons. The van der Waals surface area contributed by atoms with Crippen LogP contribution in [0.25, 0.3) is 0 Å². The molecule has 6 heteroatoms. The highest BCUT2D eigenvalue weighted by atomic mass is 16.6. The first kappa shape index (κ1) is 68.4. The van der Waals surface area contributed by atoms with Crippen LogP contribution in [-0.2, 0) is 28.6 Å². The lowest BCUT2D eigenvalue weighted by molar-refractivity contribution is -0.167. The third-order valence-corrected chi connectivity index (χ3v) is 13.8. The fourth-order valence-corrected chi connectivity index (χ4v) is 9.09. The maximum atomic E-state index is 12.9. The third kappa shape index (κ3) is 58.1. The lowest BCUT2D eigenvalue weighted by Gasteiger charge is -2.18. The summed E-state index contributed by atoms with van der Waals surface area (Å²) in [7, 11) is 0. The zero-order valence-electron chi connectivity index (χ0n) is 47.5. The van der Waals surface area contributed by atoms with Crippen molar-refractivity contribution in [1.82, 2.24) is 0 Å². The zero-order valence-corrected chi connectivity index (χ0v) is 47.5. The van der Waals surface area contributed by atoms with Crippen molar-refractivity contribution < 1.29 is 28.6 Å². The molecule has 0 heterocycles. The molecule has 0 aromatic rings. The van der Waals surface area contributed by atoms with Crippen LogP contribution in [0.4, 0.5) is 0 Å². The fourth-order valence-electron chi connectivity index (χ4n) is 9.09. The van der Waals surface area contributed by atoms with E-state index in [4.69, 9.17) is 14.2 Å². The molecule has 6 nitrogen and oxygen atoms in total. The third-order valence-electron chi connectivity index (χ3n) is 13.8. The van der Waals surface area contributed by atoms with Crippen molar-refractivity contribution in [3.8, 4) is 0 Å². The van der Waals surface area contributed by atoms with E-state index in [1.54, 1.807) is 0 Å². The number of rotatable bonds is 57. The molecule has 0 saturated carbocycles. The molecule has 0 aliphatic heterocycles. The molecule has 0 aliphatic rings. The van der Waals surface area contributed by atoms with E-state index < -0.39 is 6.10 Å². The molecule has 0 bridgehead atoms. The molecule has 0 radical (unpaired) electrons. The highest BCUT2D eigenvalue weighted by Gasteiger charge is 2.19. The molecule has 0 saturated heterocycles. The number of carbonyl (C=O) groups is 3. The maximum absolute atomic E-state index is 12.9. The van der Waals surface area contributed by atoms with Gasteiger partial charge in [0.15, 0.2) is 6.10 Å². The van der Waals surface area contributed by atoms with Crippen LogP contribution in [-0.4, -0.2) is 37.2 Å². The van der Waals surface area contributed by atoms with Crippen LogP contribution in [0.15, 0.2) is 48.6 Å². The van der Waals surface area contributed by atoms with Crippen molar-refractivity contribution in [3.63, 3.8) is 0 Å². The van der Waals surface area contributed by atoms with Gasteiger partial charge in [-0.2, -0.15) is 0 Å². The lowest BCUT2D eigenvalue weighted by Crippen LogP contribution is -2.30. The van der Waals surface area contributed by atoms with Crippen LogP contribution in [0.5, 0.6) is 0 Å². The van der Waals surface area contributed by atoms with Gasteiger partial charge in [-0.05, 0) is 83.5 Å². The Labute approximate surface area is 441 Å². The van der Waals surface area contributed by atoms with Gasteiger partial charge < -0.3 is 14.2 Å². The Kier molecular flexibility index (Phi) is 57.7. The first-order valence-corrected chi connectivity index (χ1v) is 31.1. The Hall–Kier alpha value is -2.63.